The lowest BCUT2D eigenvalue weighted by Gasteiger charge is -2.23. The molecule has 1 aliphatic rings. The van der Waals surface area contributed by atoms with E-state index in [0.29, 0.717) is 18.9 Å². The number of halogens is 1. The summed E-state index contributed by atoms with van der Waals surface area (Å²) in [4.78, 5) is 11.7. The second kappa shape index (κ2) is 6.35. The second-order valence-corrected chi connectivity index (χ2v) is 4.32. The fourth-order valence-corrected chi connectivity index (χ4v) is 1.90. The first-order valence-corrected chi connectivity index (χ1v) is 6.10. The largest absolute Gasteiger partial charge is 0.381 e. The van der Waals surface area contributed by atoms with E-state index in [1.54, 1.807) is 12.1 Å². The zero-order chi connectivity index (χ0) is 12.8. The highest BCUT2D eigenvalue weighted by atomic mass is 19.1. The summed E-state index contributed by atoms with van der Waals surface area (Å²) >= 11 is 0. The summed E-state index contributed by atoms with van der Waals surface area (Å²) in [6, 6.07) is 6.26. The highest BCUT2D eigenvalue weighted by Gasteiger charge is 2.15. The highest BCUT2D eigenvalue weighted by Crippen LogP contribution is 2.09. The van der Waals surface area contributed by atoms with Crippen molar-refractivity contribution in [3.63, 3.8) is 0 Å². The van der Waals surface area contributed by atoms with Gasteiger partial charge in [0.05, 0.1) is 6.54 Å². The van der Waals surface area contributed by atoms with Crippen LogP contribution in [0.2, 0.25) is 0 Å². The summed E-state index contributed by atoms with van der Waals surface area (Å²) in [6.07, 6.45) is 1.71. The van der Waals surface area contributed by atoms with Gasteiger partial charge in [0.1, 0.15) is 5.82 Å². The zero-order valence-electron chi connectivity index (χ0n) is 10.1. The van der Waals surface area contributed by atoms with E-state index in [2.05, 4.69) is 10.6 Å². The normalized spacial score (nSPS) is 16.3. The van der Waals surface area contributed by atoms with Crippen LogP contribution in [0.15, 0.2) is 24.3 Å². The number of rotatable bonds is 4. The first kappa shape index (κ1) is 12.8. The van der Waals surface area contributed by atoms with E-state index in [1.807, 2.05) is 0 Å². The molecule has 0 spiro atoms. The molecule has 4 nitrogen and oxygen atoms in total. The maximum absolute atomic E-state index is 12.9. The van der Waals surface area contributed by atoms with Crippen molar-refractivity contribution < 1.29 is 13.9 Å². The SMILES string of the molecule is O=C(CNc1cccc(F)c1)NC1CCOCC1. The van der Waals surface area contributed by atoms with Crippen LogP contribution < -0.4 is 10.6 Å². The molecule has 98 valence electrons. The lowest BCUT2D eigenvalue weighted by Crippen LogP contribution is -2.41. The van der Waals surface area contributed by atoms with Crippen molar-refractivity contribution in [2.45, 2.75) is 18.9 Å². The molecule has 1 fully saturated rings. The van der Waals surface area contributed by atoms with E-state index in [0.717, 1.165) is 12.8 Å². The van der Waals surface area contributed by atoms with Crippen LogP contribution in [0.25, 0.3) is 0 Å². The second-order valence-electron chi connectivity index (χ2n) is 4.32. The minimum Gasteiger partial charge on any atom is -0.381 e. The molecule has 1 aromatic rings. The van der Waals surface area contributed by atoms with Crippen LogP contribution in [-0.2, 0) is 9.53 Å². The van der Waals surface area contributed by atoms with Gasteiger partial charge in [-0.15, -0.1) is 0 Å². The van der Waals surface area contributed by atoms with Gasteiger partial charge in [-0.05, 0) is 31.0 Å². The summed E-state index contributed by atoms with van der Waals surface area (Å²) in [6.45, 7) is 1.55. The van der Waals surface area contributed by atoms with E-state index in [1.165, 1.54) is 12.1 Å². The molecular weight excluding hydrogens is 235 g/mol. The summed E-state index contributed by atoms with van der Waals surface area (Å²) in [5.41, 5.74) is 0.608. The van der Waals surface area contributed by atoms with E-state index in [4.69, 9.17) is 4.74 Å². The molecule has 0 radical (unpaired) electrons. The van der Waals surface area contributed by atoms with Gasteiger partial charge in [-0.25, -0.2) is 4.39 Å². The van der Waals surface area contributed by atoms with Gasteiger partial charge in [0, 0.05) is 24.9 Å². The van der Waals surface area contributed by atoms with Crippen LogP contribution >= 0.6 is 0 Å². The maximum Gasteiger partial charge on any atom is 0.239 e. The van der Waals surface area contributed by atoms with Gasteiger partial charge in [-0.1, -0.05) is 6.07 Å². The Morgan fingerprint density at radius 3 is 2.89 bits per heavy atom. The number of amides is 1. The molecule has 2 N–H and O–H groups in total. The van der Waals surface area contributed by atoms with Crippen molar-refractivity contribution in [1.82, 2.24) is 5.32 Å². The Morgan fingerprint density at radius 2 is 2.17 bits per heavy atom. The number of carbonyl (C=O) groups is 1. The Bertz CT molecular complexity index is 406. The molecule has 0 unspecified atom stereocenters. The Kier molecular flexibility index (Phi) is 4.52. The third-order valence-electron chi connectivity index (χ3n) is 2.86. The Labute approximate surface area is 106 Å². The molecule has 0 aliphatic carbocycles. The van der Waals surface area contributed by atoms with E-state index < -0.39 is 0 Å². The predicted octanol–water partition coefficient (Wildman–Crippen LogP) is 1.53. The Hall–Kier alpha value is -1.62. The zero-order valence-corrected chi connectivity index (χ0v) is 10.1. The standard InChI is InChI=1S/C13H17FN2O2/c14-10-2-1-3-12(8-10)15-9-13(17)16-11-4-6-18-7-5-11/h1-3,8,11,15H,4-7,9H2,(H,16,17). The lowest BCUT2D eigenvalue weighted by atomic mass is 10.1. The number of anilines is 1. The first-order valence-electron chi connectivity index (χ1n) is 6.10. The molecule has 1 amide bonds. The molecule has 0 aromatic heterocycles. The van der Waals surface area contributed by atoms with Gasteiger partial charge in [0.2, 0.25) is 5.91 Å². The third-order valence-corrected chi connectivity index (χ3v) is 2.86. The molecule has 1 heterocycles. The van der Waals surface area contributed by atoms with Gasteiger partial charge >= 0.3 is 0 Å². The average Bonchev–Trinajstić information content (AvgIpc) is 2.38. The van der Waals surface area contributed by atoms with Gasteiger partial charge in [0.15, 0.2) is 0 Å². The summed E-state index contributed by atoms with van der Waals surface area (Å²) < 4.78 is 18.1. The highest BCUT2D eigenvalue weighted by molar-refractivity contribution is 5.80. The van der Waals surface area contributed by atoms with Gasteiger partial charge in [0.25, 0.3) is 0 Å². The minimum atomic E-state index is -0.315. The van der Waals surface area contributed by atoms with Crippen molar-refractivity contribution in [2.24, 2.45) is 0 Å². The summed E-state index contributed by atoms with van der Waals surface area (Å²) in [7, 11) is 0. The molecule has 5 heteroatoms. The molecule has 18 heavy (non-hydrogen) atoms. The molecule has 0 bridgehead atoms. The first-order chi connectivity index (χ1) is 8.74. The van der Waals surface area contributed by atoms with Crippen LogP contribution in [0, 0.1) is 5.82 Å². The van der Waals surface area contributed by atoms with Crippen molar-refractivity contribution in [1.29, 1.82) is 0 Å². The molecule has 0 atom stereocenters. The Morgan fingerprint density at radius 1 is 1.39 bits per heavy atom. The van der Waals surface area contributed by atoms with Crippen molar-refractivity contribution in [3.05, 3.63) is 30.1 Å². The molecular formula is C13H17FN2O2. The van der Waals surface area contributed by atoms with Gasteiger partial charge < -0.3 is 15.4 Å². The fraction of sp³-hybridized carbons (Fsp3) is 0.462. The van der Waals surface area contributed by atoms with Crippen LogP contribution in [0.1, 0.15) is 12.8 Å². The fourth-order valence-electron chi connectivity index (χ4n) is 1.90. The van der Waals surface area contributed by atoms with Crippen LogP contribution in [0.4, 0.5) is 10.1 Å². The number of carbonyl (C=O) groups excluding carboxylic acids is 1. The molecule has 0 saturated carbocycles. The monoisotopic (exact) mass is 252 g/mol. The van der Waals surface area contributed by atoms with E-state index in [-0.39, 0.29) is 24.3 Å². The molecule has 2 rings (SSSR count). The number of hydrogen-bond donors (Lipinski definition) is 2. The topological polar surface area (TPSA) is 50.4 Å². The molecule has 1 aromatic carbocycles. The van der Waals surface area contributed by atoms with E-state index >= 15 is 0 Å². The third kappa shape index (κ3) is 4.00. The number of benzene rings is 1. The van der Waals surface area contributed by atoms with Crippen molar-refractivity contribution in [2.75, 3.05) is 25.1 Å². The van der Waals surface area contributed by atoms with Crippen LogP contribution in [-0.4, -0.2) is 31.7 Å². The molecule has 1 saturated heterocycles. The smallest absolute Gasteiger partial charge is 0.239 e. The van der Waals surface area contributed by atoms with Crippen molar-refractivity contribution >= 4 is 11.6 Å². The van der Waals surface area contributed by atoms with E-state index in [9.17, 15) is 9.18 Å². The van der Waals surface area contributed by atoms with Crippen LogP contribution in [0.3, 0.4) is 0 Å². The summed E-state index contributed by atoms with van der Waals surface area (Å²) in [5, 5.41) is 5.82. The lowest BCUT2D eigenvalue weighted by molar-refractivity contribution is -0.120. The van der Waals surface area contributed by atoms with Crippen LogP contribution in [0.5, 0.6) is 0 Å². The quantitative estimate of drug-likeness (QED) is 0.854. The maximum atomic E-state index is 12.9. The van der Waals surface area contributed by atoms with Gasteiger partial charge in [-0.2, -0.15) is 0 Å². The molecule has 1 aliphatic heterocycles. The average molecular weight is 252 g/mol. The number of ether oxygens (including phenoxy) is 1. The van der Waals surface area contributed by atoms with Gasteiger partial charge in [-0.3, -0.25) is 4.79 Å². The summed E-state index contributed by atoms with van der Waals surface area (Å²) in [5.74, 6) is -0.393. The minimum absolute atomic E-state index is 0.0776. The number of hydrogen-bond acceptors (Lipinski definition) is 3. The van der Waals surface area contributed by atoms with Crippen molar-refractivity contribution in [3.8, 4) is 0 Å². The predicted molar refractivity (Wildman–Crippen MR) is 66.9 cm³/mol. The Balaban J connectivity index is 1.74. The number of nitrogens with one attached hydrogen (secondary N) is 2.